The average molecular weight is 358 g/mol. The van der Waals surface area contributed by atoms with Crippen LogP contribution in [0.4, 0.5) is 0 Å². The highest BCUT2D eigenvalue weighted by atomic mass is 35.5. The first-order valence-electron chi connectivity index (χ1n) is 7.46. The molecule has 1 amide bonds. The van der Waals surface area contributed by atoms with Gasteiger partial charge in [0.1, 0.15) is 11.5 Å². The minimum absolute atomic E-state index is 0.183. The second kappa shape index (κ2) is 7.51. The molecule has 1 unspecified atom stereocenters. The van der Waals surface area contributed by atoms with E-state index in [1.807, 2.05) is 60.8 Å². The first-order chi connectivity index (χ1) is 11.6. The summed E-state index contributed by atoms with van der Waals surface area (Å²) in [6.07, 6.45) is 3.14. The number of amides is 1. The fourth-order valence-electron chi connectivity index (χ4n) is 2.32. The molecule has 1 N–H and O–H groups in total. The molecule has 5 heteroatoms. The van der Waals surface area contributed by atoms with Crippen LogP contribution in [-0.4, -0.2) is 5.91 Å². The molecule has 0 bridgehead atoms. The molecule has 3 aromatic rings. The largest absolute Gasteiger partial charge is 0.462 e. The van der Waals surface area contributed by atoms with Crippen molar-refractivity contribution in [2.75, 3.05) is 0 Å². The van der Waals surface area contributed by atoms with E-state index in [9.17, 15) is 4.79 Å². The zero-order valence-electron chi connectivity index (χ0n) is 13.0. The van der Waals surface area contributed by atoms with Crippen molar-refractivity contribution < 1.29 is 9.21 Å². The van der Waals surface area contributed by atoms with Gasteiger partial charge >= 0.3 is 0 Å². The summed E-state index contributed by atoms with van der Waals surface area (Å²) in [6.45, 7) is 1.87. The van der Waals surface area contributed by atoms with Crippen molar-refractivity contribution in [1.82, 2.24) is 5.32 Å². The molecule has 0 radical (unpaired) electrons. The summed E-state index contributed by atoms with van der Waals surface area (Å²) < 4.78 is 5.43. The Balaban J connectivity index is 1.78. The average Bonchev–Trinajstić information content (AvgIpc) is 3.23. The molecular weight excluding hydrogens is 342 g/mol. The van der Waals surface area contributed by atoms with Gasteiger partial charge in [0.25, 0.3) is 0 Å². The molecule has 1 aromatic carbocycles. The van der Waals surface area contributed by atoms with Crippen LogP contribution in [0.25, 0.3) is 6.08 Å². The van der Waals surface area contributed by atoms with Crippen molar-refractivity contribution in [2.24, 2.45) is 0 Å². The Morgan fingerprint density at radius 2 is 2.00 bits per heavy atom. The second-order valence-corrected chi connectivity index (χ2v) is 6.71. The molecular formula is C19H16ClNO2S. The lowest BCUT2D eigenvalue weighted by atomic mass is 10.1. The predicted molar refractivity (Wildman–Crippen MR) is 98.2 cm³/mol. The zero-order valence-corrected chi connectivity index (χ0v) is 14.6. The molecule has 0 aliphatic heterocycles. The lowest BCUT2D eigenvalue weighted by molar-refractivity contribution is -0.116. The number of furan rings is 1. The van der Waals surface area contributed by atoms with Crippen LogP contribution < -0.4 is 5.32 Å². The van der Waals surface area contributed by atoms with E-state index in [1.54, 1.807) is 17.4 Å². The van der Waals surface area contributed by atoms with Gasteiger partial charge in [-0.1, -0.05) is 29.8 Å². The Hall–Kier alpha value is -2.30. The quantitative estimate of drug-likeness (QED) is 0.636. The molecule has 2 heterocycles. The van der Waals surface area contributed by atoms with Crippen molar-refractivity contribution in [3.63, 3.8) is 0 Å². The third kappa shape index (κ3) is 4.16. The Labute approximate surface area is 149 Å². The highest BCUT2D eigenvalue weighted by molar-refractivity contribution is 7.10. The van der Waals surface area contributed by atoms with Crippen molar-refractivity contribution in [2.45, 2.75) is 13.0 Å². The number of halogens is 1. The molecule has 0 saturated carbocycles. The first-order valence-corrected chi connectivity index (χ1v) is 8.71. The van der Waals surface area contributed by atoms with Crippen LogP contribution in [0.1, 0.15) is 28.0 Å². The van der Waals surface area contributed by atoms with Gasteiger partial charge in [0.05, 0.1) is 6.04 Å². The number of rotatable bonds is 5. The van der Waals surface area contributed by atoms with E-state index in [0.29, 0.717) is 10.8 Å². The minimum atomic E-state index is -0.210. The van der Waals surface area contributed by atoms with Crippen molar-refractivity contribution in [3.05, 3.63) is 87.0 Å². The topological polar surface area (TPSA) is 42.2 Å². The summed E-state index contributed by atoms with van der Waals surface area (Å²) in [4.78, 5) is 13.4. The van der Waals surface area contributed by atoms with Gasteiger partial charge in [-0.25, -0.2) is 0 Å². The molecule has 0 aliphatic rings. The van der Waals surface area contributed by atoms with Crippen LogP contribution in [-0.2, 0) is 4.79 Å². The monoisotopic (exact) mass is 357 g/mol. The summed E-state index contributed by atoms with van der Waals surface area (Å²) in [5.41, 5.74) is 0.984. The summed E-state index contributed by atoms with van der Waals surface area (Å²) in [5, 5.41) is 5.69. The van der Waals surface area contributed by atoms with Gasteiger partial charge in [0.15, 0.2) is 0 Å². The van der Waals surface area contributed by atoms with Gasteiger partial charge in [-0.15, -0.1) is 11.3 Å². The number of hydrogen-bond acceptors (Lipinski definition) is 3. The molecule has 2 aromatic heterocycles. The molecule has 3 rings (SSSR count). The zero-order chi connectivity index (χ0) is 16.9. The predicted octanol–water partition coefficient (Wildman–Crippen LogP) is 5.22. The lowest BCUT2D eigenvalue weighted by Gasteiger charge is -2.17. The molecule has 122 valence electrons. The molecule has 0 saturated heterocycles. The van der Waals surface area contributed by atoms with Crippen LogP contribution >= 0.6 is 22.9 Å². The SMILES string of the molecule is Cc1ccc(C=CC(=O)NC(c2ccc(Cl)cc2)c2cccs2)o1. The molecule has 0 fully saturated rings. The number of carbonyl (C=O) groups excluding carboxylic acids is 1. The number of hydrogen-bond donors (Lipinski definition) is 1. The molecule has 0 spiro atoms. The Morgan fingerprint density at radius 3 is 2.62 bits per heavy atom. The van der Waals surface area contributed by atoms with E-state index in [0.717, 1.165) is 16.2 Å². The third-order valence-corrected chi connectivity index (χ3v) is 4.67. The Morgan fingerprint density at radius 1 is 1.21 bits per heavy atom. The Bertz CT molecular complexity index is 835. The van der Waals surface area contributed by atoms with Gasteiger partial charge < -0.3 is 9.73 Å². The maximum absolute atomic E-state index is 12.3. The highest BCUT2D eigenvalue weighted by Gasteiger charge is 2.16. The van der Waals surface area contributed by atoms with E-state index in [-0.39, 0.29) is 11.9 Å². The normalized spacial score (nSPS) is 12.4. The number of benzene rings is 1. The lowest BCUT2D eigenvalue weighted by Crippen LogP contribution is -2.27. The van der Waals surface area contributed by atoms with Crippen LogP contribution in [0, 0.1) is 6.92 Å². The van der Waals surface area contributed by atoms with Crippen LogP contribution in [0.3, 0.4) is 0 Å². The van der Waals surface area contributed by atoms with E-state index < -0.39 is 0 Å². The summed E-state index contributed by atoms with van der Waals surface area (Å²) in [6, 6.07) is 14.9. The number of nitrogens with one attached hydrogen (secondary N) is 1. The fourth-order valence-corrected chi connectivity index (χ4v) is 3.25. The van der Waals surface area contributed by atoms with E-state index in [1.165, 1.54) is 6.08 Å². The highest BCUT2D eigenvalue weighted by Crippen LogP contribution is 2.27. The smallest absolute Gasteiger partial charge is 0.244 e. The number of thiophene rings is 1. The maximum atomic E-state index is 12.3. The first kappa shape index (κ1) is 16.6. The molecule has 1 atom stereocenters. The van der Waals surface area contributed by atoms with E-state index >= 15 is 0 Å². The van der Waals surface area contributed by atoms with Gasteiger partial charge in [-0.3, -0.25) is 4.79 Å². The molecule has 24 heavy (non-hydrogen) atoms. The number of aryl methyl sites for hydroxylation is 1. The van der Waals surface area contributed by atoms with Crippen molar-refractivity contribution >= 4 is 34.9 Å². The fraction of sp³-hybridized carbons (Fsp3) is 0.105. The van der Waals surface area contributed by atoms with Gasteiger partial charge in [0, 0.05) is 16.0 Å². The van der Waals surface area contributed by atoms with Crippen LogP contribution in [0.15, 0.2) is 64.4 Å². The number of carbonyl (C=O) groups is 1. The standard InChI is InChI=1S/C19H16ClNO2S/c1-13-4-9-16(23-13)10-11-18(22)21-19(17-3-2-12-24-17)14-5-7-15(20)8-6-14/h2-12,19H,1H3,(H,21,22). The molecule has 3 nitrogen and oxygen atoms in total. The second-order valence-electron chi connectivity index (χ2n) is 5.29. The summed E-state index contributed by atoms with van der Waals surface area (Å²) >= 11 is 7.56. The van der Waals surface area contributed by atoms with Crippen LogP contribution in [0.5, 0.6) is 0 Å². The third-order valence-electron chi connectivity index (χ3n) is 3.48. The van der Waals surface area contributed by atoms with Crippen molar-refractivity contribution in [3.8, 4) is 0 Å². The van der Waals surface area contributed by atoms with E-state index in [2.05, 4.69) is 5.32 Å². The Kier molecular flexibility index (Phi) is 5.18. The van der Waals surface area contributed by atoms with Crippen LogP contribution in [0.2, 0.25) is 5.02 Å². The van der Waals surface area contributed by atoms with Gasteiger partial charge in [-0.2, -0.15) is 0 Å². The molecule has 0 aliphatic carbocycles. The van der Waals surface area contributed by atoms with Crippen molar-refractivity contribution in [1.29, 1.82) is 0 Å². The summed E-state index contributed by atoms with van der Waals surface area (Å²) in [5.74, 6) is 1.28. The summed E-state index contributed by atoms with van der Waals surface area (Å²) in [7, 11) is 0. The van der Waals surface area contributed by atoms with Gasteiger partial charge in [-0.05, 0) is 54.3 Å². The van der Waals surface area contributed by atoms with Gasteiger partial charge in [0.2, 0.25) is 5.91 Å². The maximum Gasteiger partial charge on any atom is 0.244 e. The van der Waals surface area contributed by atoms with E-state index in [4.69, 9.17) is 16.0 Å². The minimum Gasteiger partial charge on any atom is -0.462 e.